The van der Waals surface area contributed by atoms with Crippen LogP contribution in [0.3, 0.4) is 0 Å². The summed E-state index contributed by atoms with van der Waals surface area (Å²) in [4.78, 5) is 10.5. The van der Waals surface area contributed by atoms with Crippen LogP contribution in [0.1, 0.15) is 24.9 Å². The van der Waals surface area contributed by atoms with Gasteiger partial charge >= 0.3 is 5.97 Å². The molecule has 0 saturated carbocycles. The Morgan fingerprint density at radius 3 is 2.75 bits per heavy atom. The van der Waals surface area contributed by atoms with Gasteiger partial charge in [-0.25, -0.2) is 4.39 Å². The quantitative estimate of drug-likeness (QED) is 0.857. The van der Waals surface area contributed by atoms with Gasteiger partial charge in [-0.1, -0.05) is 24.6 Å². The minimum Gasteiger partial charge on any atom is -0.481 e. The zero-order valence-corrected chi connectivity index (χ0v) is 9.54. The Morgan fingerprint density at radius 1 is 1.62 bits per heavy atom. The molecule has 3 nitrogen and oxygen atoms in total. The molecule has 1 aromatic rings. The van der Waals surface area contributed by atoms with E-state index in [1.54, 1.807) is 6.92 Å². The Bertz CT molecular complexity index is 398. The maximum atomic E-state index is 12.9. The highest BCUT2D eigenvalue weighted by Crippen LogP contribution is 2.25. The molecule has 0 aliphatic heterocycles. The minimum atomic E-state index is -0.906. The summed E-state index contributed by atoms with van der Waals surface area (Å²) in [5.74, 6) is -1.65. The third-order valence-corrected chi connectivity index (χ3v) is 2.73. The van der Waals surface area contributed by atoms with E-state index in [1.165, 1.54) is 18.2 Å². The van der Waals surface area contributed by atoms with Crippen LogP contribution in [0.2, 0.25) is 5.02 Å². The number of benzene rings is 1. The van der Waals surface area contributed by atoms with E-state index in [1.807, 2.05) is 0 Å². The van der Waals surface area contributed by atoms with Crippen molar-refractivity contribution in [2.75, 3.05) is 0 Å². The molecule has 0 fully saturated rings. The van der Waals surface area contributed by atoms with Crippen LogP contribution in [0.4, 0.5) is 4.39 Å². The zero-order valence-electron chi connectivity index (χ0n) is 8.78. The second-order valence-corrected chi connectivity index (χ2v) is 4.18. The van der Waals surface area contributed by atoms with Crippen LogP contribution >= 0.6 is 11.6 Å². The molecule has 0 aromatic heterocycles. The lowest BCUT2D eigenvalue weighted by atomic mass is 9.93. The Kier molecular flexibility index (Phi) is 4.26. The molecule has 3 N–H and O–H groups in total. The summed E-state index contributed by atoms with van der Waals surface area (Å²) in [5.41, 5.74) is 6.50. The number of carboxylic acids is 1. The number of carbonyl (C=O) groups is 1. The molecule has 1 aromatic carbocycles. The Morgan fingerprint density at radius 2 is 2.25 bits per heavy atom. The van der Waals surface area contributed by atoms with Crippen molar-refractivity contribution in [2.45, 2.75) is 19.4 Å². The van der Waals surface area contributed by atoms with Crippen LogP contribution in [0.25, 0.3) is 0 Å². The van der Waals surface area contributed by atoms with Crippen molar-refractivity contribution >= 4 is 17.6 Å². The number of hydrogen-bond acceptors (Lipinski definition) is 2. The summed E-state index contributed by atoms with van der Waals surface area (Å²) >= 11 is 5.62. The largest absolute Gasteiger partial charge is 0.481 e. The Labute approximate surface area is 98.0 Å². The monoisotopic (exact) mass is 245 g/mol. The third kappa shape index (κ3) is 3.18. The van der Waals surface area contributed by atoms with Crippen molar-refractivity contribution in [1.29, 1.82) is 0 Å². The molecule has 0 radical (unpaired) electrons. The molecule has 0 bridgehead atoms. The van der Waals surface area contributed by atoms with Crippen LogP contribution < -0.4 is 5.73 Å². The summed E-state index contributed by atoms with van der Waals surface area (Å²) < 4.78 is 12.9. The highest BCUT2D eigenvalue weighted by molar-refractivity contribution is 6.30. The molecule has 2 atom stereocenters. The average Bonchev–Trinajstić information content (AvgIpc) is 2.20. The summed E-state index contributed by atoms with van der Waals surface area (Å²) in [7, 11) is 0. The summed E-state index contributed by atoms with van der Waals surface area (Å²) in [5, 5.41) is 8.63. The van der Waals surface area contributed by atoms with Crippen molar-refractivity contribution < 1.29 is 14.3 Å². The lowest BCUT2D eigenvalue weighted by Crippen LogP contribution is -2.21. The molecule has 0 saturated heterocycles. The van der Waals surface area contributed by atoms with Crippen LogP contribution in [-0.4, -0.2) is 11.1 Å². The lowest BCUT2D eigenvalue weighted by molar-refractivity contribution is -0.138. The maximum absolute atomic E-state index is 12.9. The van der Waals surface area contributed by atoms with Gasteiger partial charge in [0.15, 0.2) is 0 Å². The van der Waals surface area contributed by atoms with Crippen molar-refractivity contribution in [3.63, 3.8) is 0 Å². The number of aliphatic carboxylic acids is 1. The predicted molar refractivity (Wildman–Crippen MR) is 59.8 cm³/mol. The number of rotatable bonds is 4. The zero-order chi connectivity index (χ0) is 12.3. The van der Waals surface area contributed by atoms with Crippen molar-refractivity contribution in [3.8, 4) is 0 Å². The molecule has 1 rings (SSSR count). The van der Waals surface area contributed by atoms with Crippen molar-refractivity contribution in [1.82, 2.24) is 0 Å². The van der Waals surface area contributed by atoms with E-state index < -0.39 is 17.8 Å². The molecular weight excluding hydrogens is 233 g/mol. The number of halogens is 2. The molecule has 0 heterocycles. The molecule has 5 heteroatoms. The van der Waals surface area contributed by atoms with E-state index in [0.29, 0.717) is 5.56 Å². The Hall–Kier alpha value is -1.13. The van der Waals surface area contributed by atoms with Crippen LogP contribution in [-0.2, 0) is 4.79 Å². The average molecular weight is 246 g/mol. The summed E-state index contributed by atoms with van der Waals surface area (Å²) in [6, 6.07) is 3.71. The molecule has 0 aliphatic rings. The Balaban J connectivity index is 2.83. The van der Waals surface area contributed by atoms with E-state index in [0.717, 1.165) is 0 Å². The number of carboxylic acid groups (broad SMARTS) is 1. The maximum Gasteiger partial charge on any atom is 0.303 e. The molecular formula is C11H13ClFNO2. The fourth-order valence-corrected chi connectivity index (χ4v) is 1.64. The van der Waals surface area contributed by atoms with E-state index in [4.69, 9.17) is 22.4 Å². The minimum absolute atomic E-state index is 0.00419. The van der Waals surface area contributed by atoms with Gasteiger partial charge in [-0.2, -0.15) is 0 Å². The van der Waals surface area contributed by atoms with Gasteiger partial charge in [0, 0.05) is 12.5 Å². The molecule has 88 valence electrons. The fraction of sp³-hybridized carbons (Fsp3) is 0.364. The van der Waals surface area contributed by atoms with E-state index in [9.17, 15) is 9.18 Å². The number of nitrogens with two attached hydrogens (primary N) is 1. The van der Waals surface area contributed by atoms with Gasteiger partial charge in [0.05, 0.1) is 5.02 Å². The first-order chi connectivity index (χ1) is 7.41. The lowest BCUT2D eigenvalue weighted by Gasteiger charge is -2.18. The third-order valence-electron chi connectivity index (χ3n) is 2.44. The van der Waals surface area contributed by atoms with Crippen molar-refractivity contribution in [2.24, 2.45) is 11.7 Å². The highest BCUT2D eigenvalue weighted by Gasteiger charge is 2.18. The van der Waals surface area contributed by atoms with Crippen LogP contribution in [0, 0.1) is 11.7 Å². The molecule has 0 aliphatic carbocycles. The van der Waals surface area contributed by atoms with Gasteiger partial charge in [-0.05, 0) is 23.6 Å². The van der Waals surface area contributed by atoms with Gasteiger partial charge in [-0.15, -0.1) is 0 Å². The van der Waals surface area contributed by atoms with Gasteiger partial charge in [0.2, 0.25) is 0 Å². The first-order valence-electron chi connectivity index (χ1n) is 4.84. The standard InChI is InChI=1S/C11H13ClFNO2/c1-6(4-10(15)16)11(14)7-2-3-9(13)8(12)5-7/h2-3,5-6,11H,4,14H2,1H3,(H,15,16). The first-order valence-corrected chi connectivity index (χ1v) is 5.22. The summed E-state index contributed by atoms with van der Waals surface area (Å²) in [6.07, 6.45) is -0.0316. The SMILES string of the molecule is CC(CC(=O)O)C(N)c1ccc(F)c(Cl)c1. The second kappa shape index (κ2) is 5.27. The molecule has 0 amide bonds. The van der Waals surface area contributed by atoms with Crippen molar-refractivity contribution in [3.05, 3.63) is 34.6 Å². The van der Waals surface area contributed by atoms with Gasteiger partial charge in [0.1, 0.15) is 5.82 Å². The van der Waals surface area contributed by atoms with Gasteiger partial charge in [-0.3, -0.25) is 4.79 Å². The van der Waals surface area contributed by atoms with Gasteiger partial charge in [0.25, 0.3) is 0 Å². The first kappa shape index (κ1) is 12.9. The van der Waals surface area contributed by atoms with Crippen LogP contribution in [0.15, 0.2) is 18.2 Å². The molecule has 0 spiro atoms. The van der Waals surface area contributed by atoms with Crippen LogP contribution in [0.5, 0.6) is 0 Å². The van der Waals surface area contributed by atoms with E-state index in [2.05, 4.69) is 0 Å². The fourth-order valence-electron chi connectivity index (χ4n) is 1.45. The van der Waals surface area contributed by atoms with E-state index >= 15 is 0 Å². The topological polar surface area (TPSA) is 63.3 Å². The predicted octanol–water partition coefficient (Wildman–Crippen LogP) is 2.59. The molecule has 16 heavy (non-hydrogen) atoms. The smallest absolute Gasteiger partial charge is 0.303 e. The summed E-state index contributed by atoms with van der Waals surface area (Å²) in [6.45, 7) is 1.73. The van der Waals surface area contributed by atoms with E-state index in [-0.39, 0.29) is 17.4 Å². The molecule has 2 unspecified atom stereocenters. The normalized spacial score (nSPS) is 14.5. The highest BCUT2D eigenvalue weighted by atomic mass is 35.5. The number of hydrogen-bond donors (Lipinski definition) is 2. The second-order valence-electron chi connectivity index (χ2n) is 3.77. The van der Waals surface area contributed by atoms with Gasteiger partial charge < -0.3 is 10.8 Å².